The first-order chi connectivity index (χ1) is 10.2. The molecule has 1 saturated carbocycles. The van der Waals surface area contributed by atoms with E-state index in [9.17, 15) is 9.90 Å². The second-order valence-corrected chi connectivity index (χ2v) is 5.32. The van der Waals surface area contributed by atoms with Gasteiger partial charge in [0.05, 0.1) is 11.2 Å². The zero-order valence-electron chi connectivity index (χ0n) is 11.2. The van der Waals surface area contributed by atoms with E-state index in [4.69, 9.17) is 0 Å². The normalized spacial score (nSPS) is 14.5. The summed E-state index contributed by atoms with van der Waals surface area (Å²) in [7, 11) is 0. The molecule has 0 amide bonds. The summed E-state index contributed by atoms with van der Waals surface area (Å²) in [5.74, 6) is -0.0974. The summed E-state index contributed by atoms with van der Waals surface area (Å²) < 4.78 is 1.57. The van der Waals surface area contributed by atoms with Gasteiger partial charge in [0, 0.05) is 17.5 Å². The highest BCUT2D eigenvalue weighted by Gasteiger charge is 2.26. The van der Waals surface area contributed by atoms with Crippen LogP contribution in [-0.4, -0.2) is 25.8 Å². The van der Waals surface area contributed by atoms with E-state index < -0.39 is 5.97 Å². The van der Waals surface area contributed by atoms with E-state index in [2.05, 4.69) is 10.1 Å². The molecule has 0 aliphatic heterocycles. The van der Waals surface area contributed by atoms with Gasteiger partial charge in [0.15, 0.2) is 5.82 Å². The van der Waals surface area contributed by atoms with Gasteiger partial charge in [-0.15, -0.1) is 0 Å². The van der Waals surface area contributed by atoms with Gasteiger partial charge in [0.1, 0.15) is 5.56 Å². The lowest BCUT2D eigenvalue weighted by Crippen LogP contribution is -2.09. The molecular formula is C16H13N3O2. The highest BCUT2D eigenvalue weighted by Crippen LogP contribution is 2.39. The topological polar surface area (TPSA) is 68.0 Å². The van der Waals surface area contributed by atoms with Crippen LogP contribution < -0.4 is 0 Å². The fourth-order valence-corrected chi connectivity index (χ4v) is 2.49. The monoisotopic (exact) mass is 279 g/mol. The number of fused-ring (bicyclic) bond motifs is 1. The maximum absolute atomic E-state index is 11.5. The molecule has 2 aromatic heterocycles. The van der Waals surface area contributed by atoms with Crippen molar-refractivity contribution in [1.29, 1.82) is 0 Å². The average Bonchev–Trinajstić information content (AvgIpc) is 3.23. The zero-order valence-corrected chi connectivity index (χ0v) is 11.2. The van der Waals surface area contributed by atoms with Crippen molar-refractivity contribution >= 4 is 16.9 Å². The lowest BCUT2D eigenvalue weighted by atomic mass is 10.1. The number of rotatable bonds is 3. The van der Waals surface area contributed by atoms with Gasteiger partial charge in [-0.1, -0.05) is 18.2 Å². The molecule has 0 unspecified atom stereocenters. The quantitative estimate of drug-likeness (QED) is 0.800. The summed E-state index contributed by atoms with van der Waals surface area (Å²) in [6.07, 6.45) is 4.11. The molecule has 1 N–H and O–H groups in total. The molecule has 5 nitrogen and oxygen atoms in total. The fraction of sp³-hybridized carbons (Fsp3) is 0.188. The van der Waals surface area contributed by atoms with Gasteiger partial charge >= 0.3 is 5.97 Å². The Morgan fingerprint density at radius 3 is 2.81 bits per heavy atom. The van der Waals surface area contributed by atoms with Crippen LogP contribution in [-0.2, 0) is 0 Å². The van der Waals surface area contributed by atoms with E-state index in [0.29, 0.717) is 11.7 Å². The Hall–Kier alpha value is -2.69. The summed E-state index contributed by atoms with van der Waals surface area (Å²) in [5, 5.41) is 14.7. The minimum atomic E-state index is -0.994. The first kappa shape index (κ1) is 12.1. The minimum absolute atomic E-state index is 0.166. The van der Waals surface area contributed by atoms with Gasteiger partial charge in [-0.25, -0.2) is 14.5 Å². The Kier molecular flexibility index (Phi) is 2.54. The fourth-order valence-electron chi connectivity index (χ4n) is 2.49. The molecule has 0 atom stereocenters. The maximum atomic E-state index is 11.5. The van der Waals surface area contributed by atoms with Crippen molar-refractivity contribution in [3.8, 4) is 5.82 Å². The van der Waals surface area contributed by atoms with Gasteiger partial charge in [0.25, 0.3) is 0 Å². The molecular weight excluding hydrogens is 266 g/mol. The van der Waals surface area contributed by atoms with Crippen LogP contribution in [0.25, 0.3) is 16.7 Å². The molecule has 0 radical (unpaired) electrons. The molecule has 2 heterocycles. The second kappa shape index (κ2) is 4.41. The SMILES string of the molecule is O=C(O)c1cc2ccccc2nc1-n1ccc(C2CC2)n1. The number of hydrogen-bond donors (Lipinski definition) is 1. The number of benzene rings is 1. The number of hydrogen-bond acceptors (Lipinski definition) is 3. The standard InChI is InChI=1S/C16H13N3O2/c20-16(21)12-9-11-3-1-2-4-13(11)17-15(12)19-8-7-14(18-19)10-5-6-10/h1-4,7-10H,5-6H2,(H,20,21). The zero-order chi connectivity index (χ0) is 14.4. The maximum Gasteiger partial charge on any atom is 0.339 e. The molecule has 3 aromatic rings. The van der Waals surface area contributed by atoms with Crippen LogP contribution in [0.3, 0.4) is 0 Å². The number of para-hydroxylation sites is 1. The average molecular weight is 279 g/mol. The molecule has 1 fully saturated rings. The molecule has 0 spiro atoms. The van der Waals surface area contributed by atoms with E-state index in [0.717, 1.165) is 29.4 Å². The molecule has 5 heteroatoms. The first-order valence-corrected chi connectivity index (χ1v) is 6.91. The summed E-state index contributed by atoms with van der Waals surface area (Å²) in [6.45, 7) is 0. The van der Waals surface area contributed by atoms with E-state index >= 15 is 0 Å². The number of carboxylic acid groups (broad SMARTS) is 1. The molecule has 104 valence electrons. The Morgan fingerprint density at radius 1 is 1.24 bits per heavy atom. The van der Waals surface area contributed by atoms with Gasteiger partial charge in [-0.2, -0.15) is 5.10 Å². The van der Waals surface area contributed by atoms with Crippen LogP contribution in [0.4, 0.5) is 0 Å². The Labute approximate surface area is 120 Å². The predicted octanol–water partition coefficient (Wildman–Crippen LogP) is 3.00. The Bertz CT molecular complexity index is 850. The minimum Gasteiger partial charge on any atom is -0.478 e. The van der Waals surface area contributed by atoms with E-state index in [1.807, 2.05) is 30.3 Å². The van der Waals surface area contributed by atoms with Gasteiger partial charge in [0.2, 0.25) is 0 Å². The van der Waals surface area contributed by atoms with E-state index in [1.54, 1.807) is 16.9 Å². The van der Waals surface area contributed by atoms with Crippen molar-refractivity contribution in [2.45, 2.75) is 18.8 Å². The summed E-state index contributed by atoms with van der Waals surface area (Å²) in [6, 6.07) is 11.1. The van der Waals surface area contributed by atoms with Crippen molar-refractivity contribution in [3.05, 3.63) is 53.9 Å². The Balaban J connectivity index is 1.91. The van der Waals surface area contributed by atoms with Crippen molar-refractivity contribution in [1.82, 2.24) is 14.8 Å². The third kappa shape index (κ3) is 2.07. The molecule has 0 saturated heterocycles. The molecule has 0 bridgehead atoms. The van der Waals surface area contributed by atoms with Crippen molar-refractivity contribution in [2.24, 2.45) is 0 Å². The molecule has 21 heavy (non-hydrogen) atoms. The highest BCUT2D eigenvalue weighted by molar-refractivity contribution is 5.96. The number of carbonyl (C=O) groups is 1. The molecule has 1 aromatic carbocycles. The van der Waals surface area contributed by atoms with Crippen LogP contribution in [0.5, 0.6) is 0 Å². The molecule has 1 aliphatic rings. The van der Waals surface area contributed by atoms with Crippen LogP contribution in [0.2, 0.25) is 0 Å². The number of nitrogens with zero attached hydrogens (tertiary/aromatic N) is 3. The van der Waals surface area contributed by atoms with Crippen LogP contribution in [0.1, 0.15) is 34.8 Å². The number of aromatic nitrogens is 3. The number of aromatic carboxylic acids is 1. The van der Waals surface area contributed by atoms with Gasteiger partial charge in [-0.3, -0.25) is 0 Å². The summed E-state index contributed by atoms with van der Waals surface area (Å²) in [4.78, 5) is 16.0. The van der Waals surface area contributed by atoms with Crippen molar-refractivity contribution < 1.29 is 9.90 Å². The van der Waals surface area contributed by atoms with Crippen molar-refractivity contribution in [2.75, 3.05) is 0 Å². The first-order valence-electron chi connectivity index (χ1n) is 6.91. The van der Waals surface area contributed by atoms with Gasteiger partial charge < -0.3 is 5.11 Å². The van der Waals surface area contributed by atoms with E-state index in [1.165, 1.54) is 0 Å². The third-order valence-electron chi connectivity index (χ3n) is 3.76. The predicted molar refractivity (Wildman–Crippen MR) is 77.8 cm³/mol. The second-order valence-electron chi connectivity index (χ2n) is 5.32. The Morgan fingerprint density at radius 2 is 2.05 bits per heavy atom. The molecule has 4 rings (SSSR count). The third-order valence-corrected chi connectivity index (χ3v) is 3.76. The van der Waals surface area contributed by atoms with Crippen LogP contribution in [0, 0.1) is 0 Å². The smallest absolute Gasteiger partial charge is 0.339 e. The van der Waals surface area contributed by atoms with Crippen LogP contribution >= 0.6 is 0 Å². The van der Waals surface area contributed by atoms with Crippen molar-refractivity contribution in [3.63, 3.8) is 0 Å². The van der Waals surface area contributed by atoms with E-state index in [-0.39, 0.29) is 5.56 Å². The lowest BCUT2D eigenvalue weighted by Gasteiger charge is -2.07. The van der Waals surface area contributed by atoms with Gasteiger partial charge in [-0.05, 0) is 31.0 Å². The lowest BCUT2D eigenvalue weighted by molar-refractivity contribution is 0.0696. The number of pyridine rings is 1. The summed E-state index contributed by atoms with van der Waals surface area (Å²) in [5.41, 5.74) is 1.95. The highest BCUT2D eigenvalue weighted by atomic mass is 16.4. The largest absolute Gasteiger partial charge is 0.478 e. The van der Waals surface area contributed by atoms with Crippen LogP contribution in [0.15, 0.2) is 42.6 Å². The molecule has 1 aliphatic carbocycles. The number of carboxylic acids is 1. The summed E-state index contributed by atoms with van der Waals surface area (Å²) >= 11 is 0.